The van der Waals surface area contributed by atoms with Gasteiger partial charge in [0, 0.05) is 42.1 Å². The Labute approximate surface area is 224 Å². The number of imidazole rings is 1. The smallest absolute Gasteiger partial charge is 0.251 e. The first-order valence-electron chi connectivity index (χ1n) is 13.6. The van der Waals surface area contributed by atoms with Crippen molar-refractivity contribution in [3.8, 4) is 0 Å². The van der Waals surface area contributed by atoms with Crippen molar-refractivity contribution >= 4 is 34.4 Å². The van der Waals surface area contributed by atoms with Gasteiger partial charge in [0.25, 0.3) is 5.91 Å². The van der Waals surface area contributed by atoms with Crippen LogP contribution in [0.15, 0.2) is 36.4 Å². The SMILES string of the molecule is Cn1c(Cc2cc(CNC(=O)C3(C)CCCCC3)ccc2Cl)nc2cc(C(=O)NC3CCCC3)ccc21. The van der Waals surface area contributed by atoms with Gasteiger partial charge in [0.1, 0.15) is 5.82 Å². The fourth-order valence-corrected chi connectivity index (χ4v) is 6.07. The molecule has 2 fully saturated rings. The summed E-state index contributed by atoms with van der Waals surface area (Å²) in [7, 11) is 1.99. The molecule has 0 spiro atoms. The Balaban J connectivity index is 1.29. The Kier molecular flexibility index (Phi) is 7.57. The van der Waals surface area contributed by atoms with Crippen LogP contribution in [0.25, 0.3) is 11.0 Å². The molecule has 3 aromatic rings. The number of amides is 2. The summed E-state index contributed by atoms with van der Waals surface area (Å²) >= 11 is 6.57. The maximum atomic E-state index is 12.9. The number of carbonyl (C=O) groups is 2. The van der Waals surface area contributed by atoms with Gasteiger partial charge in [0.2, 0.25) is 5.91 Å². The molecule has 37 heavy (non-hydrogen) atoms. The van der Waals surface area contributed by atoms with Crippen LogP contribution in [0.4, 0.5) is 0 Å². The maximum Gasteiger partial charge on any atom is 0.251 e. The second kappa shape index (κ2) is 10.9. The number of halogens is 1. The normalized spacial score (nSPS) is 17.7. The number of nitrogens with one attached hydrogen (secondary N) is 2. The van der Waals surface area contributed by atoms with E-state index in [2.05, 4.69) is 28.2 Å². The number of nitrogens with zero attached hydrogens (tertiary/aromatic N) is 2. The summed E-state index contributed by atoms with van der Waals surface area (Å²) in [6, 6.07) is 11.9. The van der Waals surface area contributed by atoms with E-state index in [1.54, 1.807) is 0 Å². The average molecular weight is 521 g/mol. The largest absolute Gasteiger partial charge is 0.352 e. The van der Waals surface area contributed by atoms with Crippen LogP contribution in [0, 0.1) is 5.41 Å². The van der Waals surface area contributed by atoms with Crippen molar-refractivity contribution in [1.29, 1.82) is 0 Å². The molecule has 6 nitrogen and oxygen atoms in total. The minimum Gasteiger partial charge on any atom is -0.352 e. The van der Waals surface area contributed by atoms with Gasteiger partial charge in [0.15, 0.2) is 0 Å². The lowest BCUT2D eigenvalue weighted by atomic mass is 9.75. The number of aryl methyl sites for hydroxylation is 1. The van der Waals surface area contributed by atoms with Gasteiger partial charge in [-0.3, -0.25) is 9.59 Å². The monoisotopic (exact) mass is 520 g/mol. The zero-order valence-corrected chi connectivity index (χ0v) is 22.7. The van der Waals surface area contributed by atoms with Gasteiger partial charge in [0.05, 0.1) is 11.0 Å². The molecule has 1 aromatic heterocycles. The van der Waals surface area contributed by atoms with Gasteiger partial charge in [-0.15, -0.1) is 0 Å². The minimum atomic E-state index is -0.257. The van der Waals surface area contributed by atoms with Crippen molar-refractivity contribution in [2.24, 2.45) is 12.5 Å². The third kappa shape index (κ3) is 5.69. The average Bonchev–Trinajstić information content (AvgIpc) is 3.52. The standard InChI is InChI=1S/C30H37ClN4O2/c1-30(14-6-3-7-15-30)29(37)32-19-20-10-12-24(31)22(16-20)18-27-34-25-17-21(11-13-26(25)35(27)2)28(36)33-23-8-4-5-9-23/h10-13,16-17,23H,3-9,14-15,18-19H2,1-2H3,(H,32,37)(H,33,36). The maximum absolute atomic E-state index is 12.9. The summed E-state index contributed by atoms with van der Waals surface area (Å²) in [5, 5.41) is 6.99. The predicted octanol–water partition coefficient (Wildman–Crippen LogP) is 6.08. The van der Waals surface area contributed by atoms with Gasteiger partial charge >= 0.3 is 0 Å². The Bertz CT molecular complexity index is 1300. The molecular formula is C30H37ClN4O2. The van der Waals surface area contributed by atoms with Crippen molar-refractivity contribution in [1.82, 2.24) is 20.2 Å². The number of benzene rings is 2. The van der Waals surface area contributed by atoms with Crippen LogP contribution in [-0.2, 0) is 24.8 Å². The van der Waals surface area contributed by atoms with E-state index in [0.29, 0.717) is 23.6 Å². The zero-order valence-electron chi connectivity index (χ0n) is 21.9. The molecule has 0 unspecified atom stereocenters. The summed E-state index contributed by atoms with van der Waals surface area (Å²) in [5.41, 5.74) is 4.16. The van der Waals surface area contributed by atoms with Gasteiger partial charge < -0.3 is 15.2 Å². The second-order valence-corrected chi connectivity index (χ2v) is 11.6. The summed E-state index contributed by atoms with van der Waals surface area (Å²) in [6.07, 6.45) is 10.4. The highest BCUT2D eigenvalue weighted by Crippen LogP contribution is 2.36. The van der Waals surface area contributed by atoms with Crippen molar-refractivity contribution in [2.75, 3.05) is 0 Å². The molecule has 2 aliphatic rings. The first-order chi connectivity index (χ1) is 17.8. The highest BCUT2D eigenvalue weighted by Gasteiger charge is 2.34. The fourth-order valence-electron chi connectivity index (χ4n) is 5.89. The van der Waals surface area contributed by atoms with Crippen LogP contribution >= 0.6 is 11.6 Å². The summed E-state index contributed by atoms with van der Waals surface area (Å²) in [5.74, 6) is 0.994. The van der Waals surface area contributed by atoms with E-state index in [4.69, 9.17) is 16.6 Å². The van der Waals surface area contributed by atoms with Crippen LogP contribution in [0.2, 0.25) is 5.02 Å². The number of aromatic nitrogens is 2. The third-order valence-corrected chi connectivity index (χ3v) is 8.71. The second-order valence-electron chi connectivity index (χ2n) is 11.2. The molecule has 2 N–H and O–H groups in total. The molecule has 0 radical (unpaired) electrons. The number of hydrogen-bond donors (Lipinski definition) is 2. The Morgan fingerprint density at radius 3 is 2.57 bits per heavy atom. The van der Waals surface area contributed by atoms with E-state index in [1.807, 2.05) is 37.4 Å². The lowest BCUT2D eigenvalue weighted by Crippen LogP contribution is -2.39. The molecule has 0 aliphatic heterocycles. The summed E-state index contributed by atoms with van der Waals surface area (Å²) in [4.78, 5) is 30.5. The van der Waals surface area contributed by atoms with Crippen LogP contribution < -0.4 is 10.6 Å². The molecule has 196 valence electrons. The van der Waals surface area contributed by atoms with Crippen LogP contribution in [0.1, 0.15) is 92.0 Å². The van der Waals surface area contributed by atoms with Crippen molar-refractivity contribution < 1.29 is 9.59 Å². The zero-order chi connectivity index (χ0) is 26.0. The van der Waals surface area contributed by atoms with E-state index in [1.165, 1.54) is 19.3 Å². The topological polar surface area (TPSA) is 76.0 Å². The van der Waals surface area contributed by atoms with Gasteiger partial charge in [-0.05, 0) is 61.1 Å². The molecule has 2 aliphatic carbocycles. The molecular weight excluding hydrogens is 484 g/mol. The Morgan fingerprint density at radius 2 is 1.81 bits per heavy atom. The Morgan fingerprint density at radius 1 is 1.05 bits per heavy atom. The summed E-state index contributed by atoms with van der Waals surface area (Å²) < 4.78 is 2.06. The van der Waals surface area contributed by atoms with Gasteiger partial charge in [-0.1, -0.05) is 62.8 Å². The van der Waals surface area contributed by atoms with Crippen LogP contribution in [0.3, 0.4) is 0 Å². The van der Waals surface area contributed by atoms with Crippen molar-refractivity contribution in [2.45, 2.75) is 83.7 Å². The first-order valence-corrected chi connectivity index (χ1v) is 14.0. The Hall–Kier alpha value is -2.86. The highest BCUT2D eigenvalue weighted by molar-refractivity contribution is 6.31. The minimum absolute atomic E-state index is 0.0270. The quantitative estimate of drug-likeness (QED) is 0.396. The molecule has 2 amide bonds. The van der Waals surface area contributed by atoms with E-state index in [-0.39, 0.29) is 23.3 Å². The number of carbonyl (C=O) groups excluding carboxylic acids is 2. The van der Waals surface area contributed by atoms with Crippen LogP contribution in [-0.4, -0.2) is 27.4 Å². The molecule has 0 atom stereocenters. The van der Waals surface area contributed by atoms with Crippen LogP contribution in [0.5, 0.6) is 0 Å². The lowest BCUT2D eigenvalue weighted by molar-refractivity contribution is -0.132. The third-order valence-electron chi connectivity index (χ3n) is 8.34. The van der Waals surface area contributed by atoms with Crippen molar-refractivity contribution in [3.05, 3.63) is 63.9 Å². The van der Waals surface area contributed by atoms with Gasteiger partial charge in [-0.2, -0.15) is 0 Å². The molecule has 1 heterocycles. The summed E-state index contributed by atoms with van der Waals surface area (Å²) in [6.45, 7) is 2.57. The molecule has 7 heteroatoms. The first kappa shape index (κ1) is 25.8. The molecule has 2 aromatic carbocycles. The van der Waals surface area contributed by atoms with E-state index < -0.39 is 0 Å². The molecule has 5 rings (SSSR count). The lowest BCUT2D eigenvalue weighted by Gasteiger charge is -2.32. The molecule has 0 bridgehead atoms. The van der Waals surface area contributed by atoms with E-state index in [0.717, 1.165) is 66.5 Å². The highest BCUT2D eigenvalue weighted by atomic mass is 35.5. The number of fused-ring (bicyclic) bond motifs is 1. The van der Waals surface area contributed by atoms with E-state index in [9.17, 15) is 9.59 Å². The molecule has 2 saturated carbocycles. The van der Waals surface area contributed by atoms with Crippen molar-refractivity contribution in [3.63, 3.8) is 0 Å². The number of rotatable bonds is 7. The number of hydrogen-bond acceptors (Lipinski definition) is 3. The van der Waals surface area contributed by atoms with E-state index >= 15 is 0 Å². The molecule has 0 saturated heterocycles. The van der Waals surface area contributed by atoms with Gasteiger partial charge in [-0.25, -0.2) is 4.98 Å². The fraction of sp³-hybridized carbons (Fsp3) is 0.500. The predicted molar refractivity (Wildman–Crippen MR) is 148 cm³/mol.